The summed E-state index contributed by atoms with van der Waals surface area (Å²) in [4.78, 5) is 11.5. The van der Waals surface area contributed by atoms with Crippen molar-refractivity contribution in [3.05, 3.63) is 16.4 Å². The van der Waals surface area contributed by atoms with E-state index in [1.165, 1.54) is 0 Å². The van der Waals surface area contributed by atoms with Crippen LogP contribution in [0.5, 0.6) is 0 Å². The van der Waals surface area contributed by atoms with E-state index in [2.05, 4.69) is 23.0 Å². The molecule has 0 unspecified atom stereocenters. The third-order valence-corrected chi connectivity index (χ3v) is 2.55. The van der Waals surface area contributed by atoms with Crippen LogP contribution < -0.4 is 5.32 Å². The van der Waals surface area contributed by atoms with Gasteiger partial charge in [0.15, 0.2) is 5.69 Å². The van der Waals surface area contributed by atoms with Crippen molar-refractivity contribution < 1.29 is 4.79 Å². The number of carbonyl (C=O) groups excluding carboxylic acids is 1. The summed E-state index contributed by atoms with van der Waals surface area (Å²) in [5, 5.41) is 7.07. The molecule has 78 valence electrons. The van der Waals surface area contributed by atoms with Gasteiger partial charge in [-0.05, 0) is 6.92 Å². The maximum Gasteiger partial charge on any atom is 0.273 e. The molecule has 14 heavy (non-hydrogen) atoms. The summed E-state index contributed by atoms with van der Waals surface area (Å²) in [5.41, 5.74) is 1.05. The summed E-state index contributed by atoms with van der Waals surface area (Å²) in [5.74, 6) is 0.336. The van der Waals surface area contributed by atoms with E-state index in [9.17, 15) is 4.79 Å². The van der Waals surface area contributed by atoms with Gasteiger partial charge in [0.2, 0.25) is 0 Å². The van der Waals surface area contributed by atoms with Crippen LogP contribution in [-0.2, 0) is 7.05 Å². The second-order valence-electron chi connectivity index (χ2n) is 2.85. The molecule has 0 saturated heterocycles. The van der Waals surface area contributed by atoms with Crippen LogP contribution in [0.2, 0.25) is 5.02 Å². The van der Waals surface area contributed by atoms with Crippen LogP contribution in [0.4, 0.5) is 0 Å². The number of aromatic nitrogens is 2. The SMILES string of the molecule is Cc1c(Cl)c(C(=O)NCCS)nn1C. The van der Waals surface area contributed by atoms with E-state index in [-0.39, 0.29) is 11.6 Å². The zero-order valence-electron chi connectivity index (χ0n) is 8.04. The number of rotatable bonds is 3. The highest BCUT2D eigenvalue weighted by Gasteiger charge is 2.17. The number of nitrogens with one attached hydrogen (secondary N) is 1. The molecule has 1 rings (SSSR count). The first kappa shape index (κ1) is 11.4. The van der Waals surface area contributed by atoms with E-state index in [1.807, 2.05) is 6.92 Å². The molecule has 4 nitrogen and oxygen atoms in total. The van der Waals surface area contributed by atoms with Crippen molar-refractivity contribution in [2.45, 2.75) is 6.92 Å². The molecule has 1 amide bonds. The summed E-state index contributed by atoms with van der Waals surface area (Å²) in [6, 6.07) is 0. The van der Waals surface area contributed by atoms with Crippen LogP contribution in [0.15, 0.2) is 0 Å². The Kier molecular flexibility index (Phi) is 3.83. The molecular weight excluding hydrogens is 222 g/mol. The minimum absolute atomic E-state index is 0.257. The van der Waals surface area contributed by atoms with E-state index in [1.54, 1.807) is 11.7 Å². The minimum Gasteiger partial charge on any atom is -0.350 e. The van der Waals surface area contributed by atoms with Crippen molar-refractivity contribution in [3.63, 3.8) is 0 Å². The van der Waals surface area contributed by atoms with Crippen molar-refractivity contribution in [2.75, 3.05) is 12.3 Å². The summed E-state index contributed by atoms with van der Waals surface area (Å²) in [7, 11) is 1.75. The first-order valence-electron chi connectivity index (χ1n) is 4.16. The van der Waals surface area contributed by atoms with Crippen LogP contribution in [0.25, 0.3) is 0 Å². The number of carbonyl (C=O) groups is 1. The molecule has 1 aromatic rings. The van der Waals surface area contributed by atoms with Crippen LogP contribution in [0.1, 0.15) is 16.2 Å². The Morgan fingerprint density at radius 3 is 2.79 bits per heavy atom. The summed E-state index contributed by atoms with van der Waals surface area (Å²) in [6.45, 7) is 2.32. The third kappa shape index (κ3) is 2.22. The lowest BCUT2D eigenvalue weighted by Crippen LogP contribution is -2.26. The number of aryl methyl sites for hydroxylation is 1. The topological polar surface area (TPSA) is 46.9 Å². The van der Waals surface area contributed by atoms with Crippen molar-refractivity contribution in [2.24, 2.45) is 7.05 Å². The molecule has 0 aromatic carbocycles. The zero-order valence-corrected chi connectivity index (χ0v) is 9.69. The van der Waals surface area contributed by atoms with E-state index in [0.29, 0.717) is 17.3 Å². The summed E-state index contributed by atoms with van der Waals surface area (Å²) >= 11 is 9.91. The lowest BCUT2D eigenvalue weighted by molar-refractivity contribution is 0.0950. The van der Waals surface area contributed by atoms with Gasteiger partial charge in [0.05, 0.1) is 10.7 Å². The van der Waals surface area contributed by atoms with Crippen LogP contribution in [-0.4, -0.2) is 28.0 Å². The molecule has 1 N–H and O–H groups in total. The summed E-state index contributed by atoms with van der Waals surface area (Å²) < 4.78 is 1.58. The van der Waals surface area contributed by atoms with E-state index >= 15 is 0 Å². The first-order chi connectivity index (χ1) is 6.57. The second kappa shape index (κ2) is 4.70. The highest BCUT2D eigenvalue weighted by Crippen LogP contribution is 2.18. The zero-order chi connectivity index (χ0) is 10.7. The van der Waals surface area contributed by atoms with Crippen molar-refractivity contribution in [1.82, 2.24) is 15.1 Å². The predicted molar refractivity (Wildman–Crippen MR) is 59.1 cm³/mol. The number of nitrogens with zero attached hydrogens (tertiary/aromatic N) is 2. The Bertz CT molecular complexity index is 351. The Morgan fingerprint density at radius 2 is 2.36 bits per heavy atom. The fourth-order valence-corrected chi connectivity index (χ4v) is 1.34. The average Bonchev–Trinajstić information content (AvgIpc) is 2.42. The van der Waals surface area contributed by atoms with Gasteiger partial charge in [-0.2, -0.15) is 17.7 Å². The molecule has 1 aromatic heterocycles. The molecule has 0 bridgehead atoms. The van der Waals surface area contributed by atoms with E-state index in [4.69, 9.17) is 11.6 Å². The maximum atomic E-state index is 11.5. The quantitative estimate of drug-likeness (QED) is 0.767. The van der Waals surface area contributed by atoms with Gasteiger partial charge in [0.25, 0.3) is 5.91 Å². The van der Waals surface area contributed by atoms with Gasteiger partial charge < -0.3 is 5.32 Å². The smallest absolute Gasteiger partial charge is 0.273 e. The molecular formula is C8H12ClN3OS. The molecule has 0 atom stereocenters. The van der Waals surface area contributed by atoms with Gasteiger partial charge >= 0.3 is 0 Å². The van der Waals surface area contributed by atoms with Crippen LogP contribution in [0, 0.1) is 6.92 Å². The van der Waals surface area contributed by atoms with E-state index < -0.39 is 0 Å². The number of hydrogen-bond acceptors (Lipinski definition) is 3. The van der Waals surface area contributed by atoms with Gasteiger partial charge in [0, 0.05) is 19.3 Å². The summed E-state index contributed by atoms with van der Waals surface area (Å²) in [6.07, 6.45) is 0. The lowest BCUT2D eigenvalue weighted by Gasteiger charge is -1.99. The lowest BCUT2D eigenvalue weighted by atomic mass is 10.3. The normalized spacial score (nSPS) is 10.3. The largest absolute Gasteiger partial charge is 0.350 e. The number of amides is 1. The fourth-order valence-electron chi connectivity index (χ4n) is 0.981. The van der Waals surface area contributed by atoms with Gasteiger partial charge in [-0.15, -0.1) is 0 Å². The van der Waals surface area contributed by atoms with Gasteiger partial charge in [-0.25, -0.2) is 0 Å². The highest BCUT2D eigenvalue weighted by atomic mass is 35.5. The van der Waals surface area contributed by atoms with Crippen molar-refractivity contribution >= 4 is 30.1 Å². The van der Waals surface area contributed by atoms with Crippen molar-refractivity contribution in [3.8, 4) is 0 Å². The van der Waals surface area contributed by atoms with Gasteiger partial charge in [-0.3, -0.25) is 9.48 Å². The number of halogens is 1. The van der Waals surface area contributed by atoms with Gasteiger partial charge in [-0.1, -0.05) is 11.6 Å². The molecule has 0 saturated carbocycles. The standard InChI is InChI=1S/C8H12ClN3OS/c1-5-6(9)7(11-12(5)2)8(13)10-3-4-14/h14H,3-4H2,1-2H3,(H,10,13). The maximum absolute atomic E-state index is 11.5. The van der Waals surface area contributed by atoms with E-state index in [0.717, 1.165) is 5.69 Å². The fraction of sp³-hybridized carbons (Fsp3) is 0.500. The molecule has 0 aliphatic rings. The van der Waals surface area contributed by atoms with Crippen LogP contribution in [0.3, 0.4) is 0 Å². The highest BCUT2D eigenvalue weighted by molar-refractivity contribution is 7.80. The number of thiol groups is 1. The third-order valence-electron chi connectivity index (χ3n) is 1.87. The Balaban J connectivity index is 2.85. The first-order valence-corrected chi connectivity index (χ1v) is 5.17. The molecule has 0 fully saturated rings. The molecule has 0 aliphatic heterocycles. The molecule has 0 radical (unpaired) electrons. The van der Waals surface area contributed by atoms with Gasteiger partial charge in [0.1, 0.15) is 0 Å². The Labute approximate surface area is 93.0 Å². The predicted octanol–water partition coefficient (Wildman–Crippen LogP) is 1.04. The monoisotopic (exact) mass is 233 g/mol. The van der Waals surface area contributed by atoms with Crippen molar-refractivity contribution in [1.29, 1.82) is 0 Å². The number of hydrogen-bond donors (Lipinski definition) is 2. The Hall–Kier alpha value is -0.680. The minimum atomic E-state index is -0.257. The molecule has 6 heteroatoms. The second-order valence-corrected chi connectivity index (χ2v) is 3.68. The average molecular weight is 234 g/mol. The van der Waals surface area contributed by atoms with Crippen LogP contribution >= 0.6 is 24.2 Å². The Morgan fingerprint density at radius 1 is 1.71 bits per heavy atom. The molecule has 1 heterocycles. The molecule has 0 aliphatic carbocycles. The molecule has 0 spiro atoms.